The summed E-state index contributed by atoms with van der Waals surface area (Å²) >= 11 is 0. The van der Waals surface area contributed by atoms with E-state index >= 15 is 0 Å². The van der Waals surface area contributed by atoms with E-state index in [1.54, 1.807) is 13.8 Å². The maximum atomic E-state index is 11.7. The van der Waals surface area contributed by atoms with Gasteiger partial charge in [0.05, 0.1) is 24.8 Å². The lowest BCUT2D eigenvalue weighted by Crippen LogP contribution is -2.23. The molecule has 20 heavy (non-hydrogen) atoms. The third kappa shape index (κ3) is 6.22. The number of benzene rings is 1. The standard InChI is InChI=1S/C15H21NO4/c1-12(2)20-15(17)13(11-16-18)7-6-10-19-14-8-4-3-5-9-14/h3-5,8-9,11-13,18H,6-7,10H2,1-2H3/b16-11-. The van der Waals surface area contributed by atoms with Crippen LogP contribution in [0.25, 0.3) is 0 Å². The molecule has 0 saturated carbocycles. The molecule has 0 aliphatic heterocycles. The highest BCUT2D eigenvalue weighted by atomic mass is 16.5. The zero-order chi connectivity index (χ0) is 14.8. The lowest BCUT2D eigenvalue weighted by Gasteiger charge is -2.14. The summed E-state index contributed by atoms with van der Waals surface area (Å²) in [4.78, 5) is 11.7. The third-order valence-corrected chi connectivity index (χ3v) is 2.57. The molecule has 5 nitrogen and oxygen atoms in total. The number of ether oxygens (including phenoxy) is 2. The Kier molecular flexibility index (Phi) is 7.17. The molecule has 1 rings (SSSR count). The highest BCUT2D eigenvalue weighted by Gasteiger charge is 2.19. The van der Waals surface area contributed by atoms with Gasteiger partial charge in [-0.1, -0.05) is 18.2 Å². The van der Waals surface area contributed by atoms with Gasteiger partial charge in [0.1, 0.15) is 5.75 Å². The minimum absolute atomic E-state index is 0.183. The van der Waals surface area contributed by atoms with Gasteiger partial charge in [-0.15, -0.1) is 5.16 Å². The van der Waals surface area contributed by atoms with Gasteiger partial charge >= 0.3 is 5.97 Å². The Morgan fingerprint density at radius 2 is 2.05 bits per heavy atom. The maximum Gasteiger partial charge on any atom is 0.314 e. The Morgan fingerprint density at radius 3 is 2.65 bits per heavy atom. The number of hydrogen-bond acceptors (Lipinski definition) is 5. The van der Waals surface area contributed by atoms with Crippen LogP contribution in [0.4, 0.5) is 0 Å². The summed E-state index contributed by atoms with van der Waals surface area (Å²) in [5.74, 6) is -0.121. The van der Waals surface area contributed by atoms with Crippen molar-refractivity contribution in [3.05, 3.63) is 30.3 Å². The van der Waals surface area contributed by atoms with E-state index in [1.165, 1.54) is 6.21 Å². The number of para-hydroxylation sites is 1. The van der Waals surface area contributed by atoms with Crippen LogP contribution in [-0.2, 0) is 9.53 Å². The first-order valence-corrected chi connectivity index (χ1v) is 6.69. The lowest BCUT2D eigenvalue weighted by atomic mass is 10.1. The predicted octanol–water partition coefficient (Wildman–Crippen LogP) is 2.87. The van der Waals surface area contributed by atoms with Crippen LogP contribution in [0, 0.1) is 5.92 Å². The summed E-state index contributed by atoms with van der Waals surface area (Å²) in [5, 5.41) is 11.5. The van der Waals surface area contributed by atoms with Crippen molar-refractivity contribution in [1.29, 1.82) is 0 Å². The van der Waals surface area contributed by atoms with E-state index in [0.717, 1.165) is 5.75 Å². The molecule has 1 aromatic rings. The van der Waals surface area contributed by atoms with Crippen LogP contribution in [0.15, 0.2) is 35.5 Å². The number of nitrogens with zero attached hydrogens (tertiary/aromatic N) is 1. The molecule has 0 amide bonds. The van der Waals surface area contributed by atoms with Crippen molar-refractivity contribution in [2.24, 2.45) is 11.1 Å². The molecule has 0 aromatic heterocycles. The number of rotatable bonds is 8. The Morgan fingerprint density at radius 1 is 1.35 bits per heavy atom. The molecule has 0 fully saturated rings. The zero-order valence-corrected chi connectivity index (χ0v) is 11.9. The van der Waals surface area contributed by atoms with E-state index in [0.29, 0.717) is 19.4 Å². The molecule has 0 heterocycles. The van der Waals surface area contributed by atoms with E-state index < -0.39 is 5.92 Å². The summed E-state index contributed by atoms with van der Waals surface area (Å²) < 4.78 is 10.6. The fraction of sp³-hybridized carbons (Fsp3) is 0.467. The largest absolute Gasteiger partial charge is 0.494 e. The van der Waals surface area contributed by atoms with Crippen molar-refractivity contribution in [2.45, 2.75) is 32.8 Å². The molecule has 1 aromatic carbocycles. The minimum Gasteiger partial charge on any atom is -0.494 e. The smallest absolute Gasteiger partial charge is 0.314 e. The quantitative estimate of drug-likeness (QED) is 0.261. The van der Waals surface area contributed by atoms with Gasteiger partial charge in [0.2, 0.25) is 0 Å². The molecule has 0 spiro atoms. The summed E-state index contributed by atoms with van der Waals surface area (Å²) in [7, 11) is 0. The molecule has 5 heteroatoms. The van der Waals surface area contributed by atoms with E-state index in [2.05, 4.69) is 5.16 Å². The Balaban J connectivity index is 2.34. The number of esters is 1. The third-order valence-electron chi connectivity index (χ3n) is 2.57. The summed E-state index contributed by atoms with van der Waals surface area (Å²) in [6.45, 7) is 4.06. The van der Waals surface area contributed by atoms with E-state index in [4.69, 9.17) is 14.7 Å². The van der Waals surface area contributed by atoms with E-state index in [-0.39, 0.29) is 12.1 Å². The fourth-order valence-corrected chi connectivity index (χ4v) is 1.66. The van der Waals surface area contributed by atoms with Gasteiger partial charge in [-0.2, -0.15) is 0 Å². The Bertz CT molecular complexity index is 417. The van der Waals surface area contributed by atoms with Gasteiger partial charge in [0.25, 0.3) is 0 Å². The van der Waals surface area contributed by atoms with Crippen LogP contribution < -0.4 is 4.74 Å². The van der Waals surface area contributed by atoms with Crippen molar-refractivity contribution in [3.8, 4) is 5.75 Å². The molecule has 0 aliphatic rings. The van der Waals surface area contributed by atoms with Crippen molar-refractivity contribution in [1.82, 2.24) is 0 Å². The minimum atomic E-state index is -0.540. The van der Waals surface area contributed by atoms with Crippen LogP contribution in [0.1, 0.15) is 26.7 Å². The Labute approximate surface area is 119 Å². The number of oxime groups is 1. The highest BCUT2D eigenvalue weighted by molar-refractivity contribution is 5.89. The topological polar surface area (TPSA) is 68.1 Å². The van der Waals surface area contributed by atoms with Crippen LogP contribution >= 0.6 is 0 Å². The summed E-state index contributed by atoms with van der Waals surface area (Å²) in [5.41, 5.74) is 0. The average molecular weight is 279 g/mol. The Hall–Kier alpha value is -2.04. The van der Waals surface area contributed by atoms with Crippen molar-refractivity contribution in [3.63, 3.8) is 0 Å². The van der Waals surface area contributed by atoms with Gasteiger partial charge in [0.15, 0.2) is 0 Å². The van der Waals surface area contributed by atoms with Crippen molar-refractivity contribution < 1.29 is 19.5 Å². The normalized spacial score (nSPS) is 12.6. The molecule has 0 saturated heterocycles. The van der Waals surface area contributed by atoms with E-state index in [9.17, 15) is 4.79 Å². The van der Waals surface area contributed by atoms with Crippen LogP contribution in [0.5, 0.6) is 5.75 Å². The zero-order valence-electron chi connectivity index (χ0n) is 11.9. The molecule has 0 bridgehead atoms. The molecule has 110 valence electrons. The second kappa shape index (κ2) is 8.96. The highest BCUT2D eigenvalue weighted by Crippen LogP contribution is 2.12. The van der Waals surface area contributed by atoms with Gasteiger partial charge in [-0.05, 0) is 38.8 Å². The molecule has 0 aliphatic carbocycles. The SMILES string of the molecule is CC(C)OC(=O)C(/C=N\O)CCCOc1ccccc1. The van der Waals surface area contributed by atoms with Crippen LogP contribution in [0.3, 0.4) is 0 Å². The summed E-state index contributed by atoms with van der Waals surface area (Å²) in [6, 6.07) is 9.47. The lowest BCUT2D eigenvalue weighted by molar-refractivity contribution is -0.150. The molecule has 1 unspecified atom stereocenters. The molecular formula is C15H21NO4. The first-order chi connectivity index (χ1) is 9.63. The number of hydrogen-bond donors (Lipinski definition) is 1. The second-order valence-corrected chi connectivity index (χ2v) is 4.66. The monoisotopic (exact) mass is 279 g/mol. The van der Waals surface area contributed by atoms with Gasteiger partial charge in [0, 0.05) is 0 Å². The predicted molar refractivity (Wildman–Crippen MR) is 76.2 cm³/mol. The molecule has 1 atom stereocenters. The van der Waals surface area contributed by atoms with Crippen LogP contribution in [0.2, 0.25) is 0 Å². The number of carbonyl (C=O) groups is 1. The van der Waals surface area contributed by atoms with E-state index in [1.807, 2.05) is 30.3 Å². The van der Waals surface area contributed by atoms with Crippen molar-refractivity contribution in [2.75, 3.05) is 6.61 Å². The maximum absolute atomic E-state index is 11.7. The second-order valence-electron chi connectivity index (χ2n) is 4.66. The van der Waals surface area contributed by atoms with Crippen molar-refractivity contribution >= 4 is 12.2 Å². The fourth-order valence-electron chi connectivity index (χ4n) is 1.66. The van der Waals surface area contributed by atoms with Gasteiger partial charge in [-0.25, -0.2) is 0 Å². The average Bonchev–Trinajstić information content (AvgIpc) is 2.42. The molecular weight excluding hydrogens is 258 g/mol. The first kappa shape index (κ1) is 16.0. The molecule has 0 radical (unpaired) electrons. The van der Waals surface area contributed by atoms with Gasteiger partial charge < -0.3 is 14.7 Å². The molecule has 1 N–H and O–H groups in total. The first-order valence-electron chi connectivity index (χ1n) is 6.69. The summed E-state index contributed by atoms with van der Waals surface area (Å²) in [6.07, 6.45) is 2.20. The number of carbonyl (C=O) groups excluding carboxylic acids is 1. The van der Waals surface area contributed by atoms with Crippen LogP contribution in [-0.4, -0.2) is 30.1 Å². The van der Waals surface area contributed by atoms with Gasteiger partial charge in [-0.3, -0.25) is 4.79 Å².